The highest BCUT2D eigenvalue weighted by Crippen LogP contribution is 2.27. The zero-order valence-corrected chi connectivity index (χ0v) is 12.7. The number of ether oxygens (including phenoxy) is 1. The van der Waals surface area contributed by atoms with E-state index >= 15 is 0 Å². The minimum atomic E-state index is -4.33. The fourth-order valence-corrected chi connectivity index (χ4v) is 2.70. The molecule has 0 N–H and O–H groups in total. The second-order valence-electron chi connectivity index (χ2n) is 4.78. The van der Waals surface area contributed by atoms with Gasteiger partial charge in [-0.1, -0.05) is 36.0 Å². The van der Waals surface area contributed by atoms with Crippen molar-refractivity contribution in [2.45, 2.75) is 17.2 Å². The van der Waals surface area contributed by atoms with Crippen LogP contribution in [-0.2, 0) is 5.75 Å². The highest BCUT2D eigenvalue weighted by molar-refractivity contribution is 7.98. The van der Waals surface area contributed by atoms with E-state index in [1.54, 1.807) is 12.1 Å². The van der Waals surface area contributed by atoms with E-state index in [0.29, 0.717) is 11.0 Å². The van der Waals surface area contributed by atoms with E-state index in [1.807, 2.05) is 24.3 Å². The van der Waals surface area contributed by atoms with Crippen LogP contribution in [0.3, 0.4) is 0 Å². The zero-order chi connectivity index (χ0) is 16.3. The van der Waals surface area contributed by atoms with Crippen LogP contribution >= 0.6 is 11.8 Å². The molecule has 0 aliphatic rings. The predicted octanol–water partition coefficient (Wildman–Crippen LogP) is 5.06. The first kappa shape index (κ1) is 15.7. The van der Waals surface area contributed by atoms with Gasteiger partial charge in [0.05, 0.1) is 0 Å². The van der Waals surface area contributed by atoms with Crippen LogP contribution < -0.4 is 4.74 Å². The van der Waals surface area contributed by atoms with Gasteiger partial charge in [0.25, 0.3) is 5.22 Å². The molecule has 3 rings (SSSR count). The van der Waals surface area contributed by atoms with Crippen molar-refractivity contribution in [1.29, 1.82) is 0 Å². The first-order valence-corrected chi connectivity index (χ1v) is 7.75. The Hall–Kier alpha value is -2.15. The lowest BCUT2D eigenvalue weighted by atomic mass is 10.2. The Morgan fingerprint density at radius 3 is 2.48 bits per heavy atom. The van der Waals surface area contributed by atoms with Gasteiger partial charge in [0, 0.05) is 5.75 Å². The molecule has 0 aliphatic carbocycles. The molecule has 2 aromatic carbocycles. The molecule has 0 radical (unpaired) electrons. The van der Waals surface area contributed by atoms with Crippen LogP contribution in [0.5, 0.6) is 5.75 Å². The summed E-state index contributed by atoms with van der Waals surface area (Å²) in [7, 11) is 0. The summed E-state index contributed by atoms with van der Waals surface area (Å²) in [5.74, 6) is 0.796. The molecule has 1 aromatic heterocycles. The molecule has 0 spiro atoms. The number of benzene rings is 2. The van der Waals surface area contributed by atoms with Crippen molar-refractivity contribution in [3.63, 3.8) is 0 Å². The van der Waals surface area contributed by atoms with Gasteiger partial charge in [-0.15, -0.1) is 0 Å². The molecule has 3 nitrogen and oxygen atoms in total. The van der Waals surface area contributed by atoms with Crippen molar-refractivity contribution < 1.29 is 22.3 Å². The Morgan fingerprint density at radius 2 is 1.78 bits per heavy atom. The molecule has 0 bridgehead atoms. The maximum Gasteiger partial charge on any atom is 0.422 e. The summed E-state index contributed by atoms with van der Waals surface area (Å²) >= 11 is 1.42. The fraction of sp³-hybridized carbons (Fsp3) is 0.188. The molecule has 7 heteroatoms. The van der Waals surface area contributed by atoms with E-state index < -0.39 is 12.8 Å². The van der Waals surface area contributed by atoms with Crippen LogP contribution in [0.15, 0.2) is 58.2 Å². The minimum Gasteiger partial charge on any atom is -0.484 e. The van der Waals surface area contributed by atoms with E-state index in [2.05, 4.69) is 9.72 Å². The second kappa shape index (κ2) is 6.54. The Morgan fingerprint density at radius 1 is 1.04 bits per heavy atom. The number of rotatable bonds is 5. The average Bonchev–Trinajstić information content (AvgIpc) is 2.94. The molecule has 0 fully saturated rings. The van der Waals surface area contributed by atoms with Crippen LogP contribution in [0.1, 0.15) is 5.56 Å². The second-order valence-corrected chi connectivity index (χ2v) is 5.71. The number of hydrogen-bond acceptors (Lipinski definition) is 4. The molecule has 0 saturated heterocycles. The molecular formula is C16H12F3NO2S. The van der Waals surface area contributed by atoms with Crippen molar-refractivity contribution in [3.05, 3.63) is 54.1 Å². The molecule has 120 valence electrons. The minimum absolute atomic E-state index is 0.193. The molecule has 3 aromatic rings. The van der Waals surface area contributed by atoms with Gasteiger partial charge in [0.15, 0.2) is 12.2 Å². The third-order valence-corrected chi connectivity index (χ3v) is 3.86. The Labute approximate surface area is 134 Å². The SMILES string of the molecule is FC(F)(F)COc1ccc(CSc2nc3ccccc3o2)cc1. The molecule has 0 saturated carbocycles. The monoisotopic (exact) mass is 339 g/mol. The maximum absolute atomic E-state index is 12.1. The lowest BCUT2D eigenvalue weighted by Crippen LogP contribution is -2.19. The van der Waals surface area contributed by atoms with Gasteiger partial charge in [-0.05, 0) is 29.8 Å². The number of aromatic nitrogens is 1. The highest BCUT2D eigenvalue weighted by atomic mass is 32.2. The van der Waals surface area contributed by atoms with Gasteiger partial charge >= 0.3 is 6.18 Å². The van der Waals surface area contributed by atoms with Crippen LogP contribution in [0, 0.1) is 0 Å². The molecule has 0 atom stereocenters. The van der Waals surface area contributed by atoms with Crippen molar-refractivity contribution in [2.75, 3.05) is 6.61 Å². The average molecular weight is 339 g/mol. The fourth-order valence-electron chi connectivity index (χ4n) is 1.90. The molecule has 0 amide bonds. The molecule has 0 unspecified atom stereocenters. The van der Waals surface area contributed by atoms with Gasteiger partial charge < -0.3 is 9.15 Å². The zero-order valence-electron chi connectivity index (χ0n) is 11.8. The summed E-state index contributed by atoms with van der Waals surface area (Å²) in [4.78, 5) is 4.35. The van der Waals surface area contributed by atoms with E-state index in [9.17, 15) is 13.2 Å². The number of fused-ring (bicyclic) bond motifs is 1. The lowest BCUT2D eigenvalue weighted by molar-refractivity contribution is -0.153. The highest BCUT2D eigenvalue weighted by Gasteiger charge is 2.28. The summed E-state index contributed by atoms with van der Waals surface area (Å²) in [5, 5.41) is 0.559. The van der Waals surface area contributed by atoms with Gasteiger partial charge in [0.2, 0.25) is 0 Å². The lowest BCUT2D eigenvalue weighted by Gasteiger charge is -2.09. The van der Waals surface area contributed by atoms with Crippen molar-refractivity contribution in [1.82, 2.24) is 4.98 Å². The normalized spacial score (nSPS) is 11.8. The molecule has 23 heavy (non-hydrogen) atoms. The topological polar surface area (TPSA) is 35.3 Å². The van der Waals surface area contributed by atoms with E-state index in [0.717, 1.165) is 16.7 Å². The quantitative estimate of drug-likeness (QED) is 0.609. The summed E-state index contributed by atoms with van der Waals surface area (Å²) < 4.78 is 46.5. The van der Waals surface area contributed by atoms with Gasteiger partial charge in [-0.25, -0.2) is 4.98 Å². The van der Waals surface area contributed by atoms with Crippen LogP contribution in [0.2, 0.25) is 0 Å². The maximum atomic E-state index is 12.1. The standard InChI is InChI=1S/C16H12F3NO2S/c17-16(18,19)10-21-12-7-5-11(6-8-12)9-23-15-20-13-3-1-2-4-14(13)22-15/h1-8H,9-10H2. The molecule has 1 heterocycles. The van der Waals surface area contributed by atoms with Crippen LogP contribution in [0.4, 0.5) is 13.2 Å². The Kier molecular flexibility index (Phi) is 4.47. The Balaban J connectivity index is 1.58. The summed E-state index contributed by atoms with van der Waals surface area (Å²) in [5.41, 5.74) is 2.47. The van der Waals surface area contributed by atoms with Gasteiger partial charge in [0.1, 0.15) is 11.3 Å². The number of alkyl halides is 3. The summed E-state index contributed by atoms with van der Waals surface area (Å²) in [6.45, 7) is -1.29. The number of oxazole rings is 1. The predicted molar refractivity (Wildman–Crippen MR) is 81.6 cm³/mol. The van der Waals surface area contributed by atoms with Crippen molar-refractivity contribution in [3.8, 4) is 5.75 Å². The smallest absolute Gasteiger partial charge is 0.422 e. The first-order valence-electron chi connectivity index (χ1n) is 6.76. The van der Waals surface area contributed by atoms with Crippen LogP contribution in [0.25, 0.3) is 11.1 Å². The molecule has 0 aliphatic heterocycles. The van der Waals surface area contributed by atoms with E-state index in [-0.39, 0.29) is 5.75 Å². The third-order valence-electron chi connectivity index (χ3n) is 2.96. The molecular weight excluding hydrogens is 327 g/mol. The summed E-state index contributed by atoms with van der Waals surface area (Å²) in [6, 6.07) is 14.0. The van der Waals surface area contributed by atoms with Gasteiger partial charge in [-0.2, -0.15) is 13.2 Å². The number of hydrogen-bond donors (Lipinski definition) is 0. The Bertz CT molecular complexity index is 751. The van der Waals surface area contributed by atoms with E-state index in [1.165, 1.54) is 23.9 Å². The number of thioether (sulfide) groups is 1. The number of halogens is 3. The number of para-hydroxylation sites is 2. The summed E-state index contributed by atoms with van der Waals surface area (Å²) in [6.07, 6.45) is -4.33. The van der Waals surface area contributed by atoms with E-state index in [4.69, 9.17) is 4.42 Å². The largest absolute Gasteiger partial charge is 0.484 e. The van der Waals surface area contributed by atoms with Crippen LogP contribution in [-0.4, -0.2) is 17.8 Å². The first-order chi connectivity index (χ1) is 11.0. The third kappa shape index (κ3) is 4.41. The van der Waals surface area contributed by atoms with Gasteiger partial charge in [-0.3, -0.25) is 0 Å². The van der Waals surface area contributed by atoms with Crippen molar-refractivity contribution in [2.24, 2.45) is 0 Å². The number of nitrogens with zero attached hydrogens (tertiary/aromatic N) is 1. The van der Waals surface area contributed by atoms with Crippen molar-refractivity contribution >= 4 is 22.9 Å².